The van der Waals surface area contributed by atoms with Gasteiger partial charge in [-0.15, -0.1) is 0 Å². The van der Waals surface area contributed by atoms with E-state index in [1.54, 1.807) is 43.3 Å². The molecule has 0 aliphatic carbocycles. The third-order valence-electron chi connectivity index (χ3n) is 6.25. The number of carbonyl (C=O) groups excluding carboxylic acids is 2. The van der Waals surface area contributed by atoms with Crippen LogP contribution in [-0.2, 0) is 32.6 Å². The number of rotatable bonds is 13. The highest BCUT2D eigenvalue weighted by Gasteiger charge is 2.34. The summed E-state index contributed by atoms with van der Waals surface area (Å²) in [6.45, 7) is 1.55. The Kier molecular flexibility index (Phi) is 10.8. The van der Waals surface area contributed by atoms with Crippen LogP contribution < -0.4 is 19.1 Å². The van der Waals surface area contributed by atoms with E-state index < -0.39 is 28.5 Å². The van der Waals surface area contributed by atoms with Gasteiger partial charge in [-0.25, -0.2) is 8.42 Å². The summed E-state index contributed by atoms with van der Waals surface area (Å²) in [4.78, 5) is 28.9. The summed E-state index contributed by atoms with van der Waals surface area (Å²) in [5, 5.41) is 3.24. The number of anilines is 1. The third-order valence-corrected chi connectivity index (χ3v) is 7.75. The van der Waals surface area contributed by atoms with Gasteiger partial charge in [-0.3, -0.25) is 13.9 Å². The van der Waals surface area contributed by atoms with Gasteiger partial charge in [0.2, 0.25) is 21.8 Å². The molecule has 1 atom stereocenters. The first-order valence-electron chi connectivity index (χ1n) is 12.6. The molecule has 3 aromatic rings. The van der Waals surface area contributed by atoms with Gasteiger partial charge >= 0.3 is 0 Å². The molecule has 0 saturated carbocycles. The highest BCUT2D eigenvalue weighted by molar-refractivity contribution is 7.92. The number of methoxy groups -OCH3 is 2. The molecule has 0 heterocycles. The summed E-state index contributed by atoms with van der Waals surface area (Å²) in [6.07, 6.45) is 1.22. The summed E-state index contributed by atoms with van der Waals surface area (Å²) in [6, 6.07) is 20.0. The molecule has 214 valence electrons. The van der Waals surface area contributed by atoms with Crippen LogP contribution in [0.5, 0.6) is 11.5 Å². The van der Waals surface area contributed by atoms with Crippen molar-refractivity contribution in [1.29, 1.82) is 0 Å². The van der Waals surface area contributed by atoms with E-state index in [4.69, 9.17) is 21.1 Å². The summed E-state index contributed by atoms with van der Waals surface area (Å²) < 4.78 is 37.7. The molecule has 40 heavy (non-hydrogen) atoms. The van der Waals surface area contributed by atoms with Crippen molar-refractivity contribution in [2.45, 2.75) is 25.9 Å². The Morgan fingerprint density at radius 1 is 0.975 bits per heavy atom. The van der Waals surface area contributed by atoms with Crippen LogP contribution in [0.1, 0.15) is 18.1 Å². The Bertz CT molecular complexity index is 1420. The Balaban J connectivity index is 2.10. The minimum absolute atomic E-state index is 0.0139. The molecule has 0 aliphatic rings. The fraction of sp³-hybridized carbons (Fsp3) is 0.310. The predicted octanol–water partition coefficient (Wildman–Crippen LogP) is 3.90. The van der Waals surface area contributed by atoms with Crippen molar-refractivity contribution >= 4 is 39.1 Å². The second kappa shape index (κ2) is 14.0. The normalized spacial score (nSPS) is 11.8. The average molecular weight is 588 g/mol. The van der Waals surface area contributed by atoms with Crippen LogP contribution in [0.25, 0.3) is 0 Å². The molecule has 9 nitrogen and oxygen atoms in total. The fourth-order valence-corrected chi connectivity index (χ4v) is 5.28. The lowest BCUT2D eigenvalue weighted by atomic mass is 10.0. The van der Waals surface area contributed by atoms with E-state index in [1.807, 2.05) is 30.3 Å². The lowest BCUT2D eigenvalue weighted by Gasteiger charge is -2.34. The molecule has 3 rings (SSSR count). The zero-order chi connectivity index (χ0) is 29.3. The molecular formula is C29H34ClN3O6S. The van der Waals surface area contributed by atoms with E-state index in [0.717, 1.165) is 16.1 Å². The van der Waals surface area contributed by atoms with E-state index in [1.165, 1.54) is 25.2 Å². The van der Waals surface area contributed by atoms with E-state index in [9.17, 15) is 18.0 Å². The van der Waals surface area contributed by atoms with Crippen LogP contribution in [0.3, 0.4) is 0 Å². The molecular weight excluding hydrogens is 554 g/mol. The number of carbonyl (C=O) groups is 2. The molecule has 0 bridgehead atoms. The smallest absolute Gasteiger partial charge is 0.244 e. The first kappa shape index (κ1) is 30.8. The van der Waals surface area contributed by atoms with Crippen molar-refractivity contribution < 1.29 is 27.5 Å². The van der Waals surface area contributed by atoms with Crippen LogP contribution >= 0.6 is 11.6 Å². The van der Waals surface area contributed by atoms with Crippen molar-refractivity contribution in [3.8, 4) is 11.5 Å². The van der Waals surface area contributed by atoms with Gasteiger partial charge in [-0.05, 0) is 36.2 Å². The van der Waals surface area contributed by atoms with Crippen LogP contribution in [0.4, 0.5) is 5.69 Å². The van der Waals surface area contributed by atoms with Gasteiger partial charge < -0.3 is 19.7 Å². The number of ether oxygens (including phenoxy) is 2. The monoisotopic (exact) mass is 587 g/mol. The second-order valence-electron chi connectivity index (χ2n) is 9.02. The summed E-state index contributed by atoms with van der Waals surface area (Å²) in [5.74, 6) is -0.339. The number of halogens is 1. The summed E-state index contributed by atoms with van der Waals surface area (Å²) in [5.41, 5.74) is 1.59. The maximum Gasteiger partial charge on any atom is 0.244 e. The number of nitrogens with one attached hydrogen (secondary N) is 1. The first-order valence-corrected chi connectivity index (χ1v) is 14.9. The molecule has 2 amide bonds. The minimum atomic E-state index is -3.98. The molecule has 0 aromatic heterocycles. The Morgan fingerprint density at radius 3 is 2.25 bits per heavy atom. The molecule has 3 aromatic carbocycles. The third kappa shape index (κ3) is 7.89. The van der Waals surface area contributed by atoms with Gasteiger partial charge in [0.05, 0.1) is 26.2 Å². The van der Waals surface area contributed by atoms with Gasteiger partial charge in [0.15, 0.2) is 0 Å². The standard InChI is InChI=1S/C29H34ClN3O6S/c1-5-31-29(35)26(17-21-11-7-6-8-12-21)32(19-22-13-9-10-14-24(22)30)28(34)20-33(40(4,36)37)25-18-23(38-2)15-16-27(25)39-3/h6-16,18,26H,5,17,19-20H2,1-4H3,(H,31,35)/t26-/m0/s1. The van der Waals surface area contributed by atoms with Crippen LogP contribution in [0.2, 0.25) is 5.02 Å². The van der Waals surface area contributed by atoms with Gasteiger partial charge in [0.1, 0.15) is 24.1 Å². The minimum Gasteiger partial charge on any atom is -0.497 e. The van der Waals surface area contributed by atoms with Crippen molar-refractivity contribution in [1.82, 2.24) is 10.2 Å². The topological polar surface area (TPSA) is 105 Å². The lowest BCUT2D eigenvalue weighted by molar-refractivity contribution is -0.140. The van der Waals surface area contributed by atoms with Gasteiger partial charge in [0, 0.05) is 30.6 Å². The van der Waals surface area contributed by atoms with E-state index in [-0.39, 0.29) is 30.3 Å². The molecule has 0 fully saturated rings. The van der Waals surface area contributed by atoms with Crippen LogP contribution in [-0.4, -0.2) is 64.7 Å². The predicted molar refractivity (Wildman–Crippen MR) is 156 cm³/mol. The molecule has 11 heteroatoms. The zero-order valence-corrected chi connectivity index (χ0v) is 24.5. The fourth-order valence-electron chi connectivity index (χ4n) is 4.24. The number of likely N-dealkylation sites (N-methyl/N-ethyl adjacent to an activating group) is 1. The molecule has 0 unspecified atom stereocenters. The maximum absolute atomic E-state index is 14.1. The number of benzene rings is 3. The largest absolute Gasteiger partial charge is 0.497 e. The number of hydrogen-bond donors (Lipinski definition) is 1. The Labute approximate surface area is 240 Å². The van der Waals surface area contributed by atoms with Gasteiger partial charge in [-0.2, -0.15) is 0 Å². The SMILES string of the molecule is CCNC(=O)[C@H](Cc1ccccc1)N(Cc1ccccc1Cl)C(=O)CN(c1cc(OC)ccc1OC)S(C)(=O)=O. The van der Waals surface area contributed by atoms with Gasteiger partial charge in [-0.1, -0.05) is 60.1 Å². The number of nitrogens with zero attached hydrogens (tertiary/aromatic N) is 2. The average Bonchev–Trinajstić information content (AvgIpc) is 2.94. The quantitative estimate of drug-likeness (QED) is 0.325. The van der Waals surface area contributed by atoms with Crippen molar-refractivity contribution in [2.75, 3.05) is 37.9 Å². The number of sulfonamides is 1. The molecule has 0 saturated heterocycles. The van der Waals surface area contributed by atoms with Crippen LogP contribution in [0, 0.1) is 0 Å². The molecule has 1 N–H and O–H groups in total. The van der Waals surface area contributed by atoms with E-state index >= 15 is 0 Å². The van der Waals surface area contributed by atoms with Crippen molar-refractivity contribution in [3.63, 3.8) is 0 Å². The molecule has 0 radical (unpaired) electrons. The van der Waals surface area contributed by atoms with Crippen LogP contribution in [0.15, 0.2) is 72.8 Å². The highest BCUT2D eigenvalue weighted by Crippen LogP contribution is 2.34. The highest BCUT2D eigenvalue weighted by atomic mass is 35.5. The number of hydrogen-bond acceptors (Lipinski definition) is 6. The maximum atomic E-state index is 14.1. The van der Waals surface area contributed by atoms with Gasteiger partial charge in [0.25, 0.3) is 0 Å². The molecule has 0 aliphatic heterocycles. The van der Waals surface area contributed by atoms with Crippen molar-refractivity contribution in [3.05, 3.63) is 88.9 Å². The zero-order valence-electron chi connectivity index (χ0n) is 23.0. The summed E-state index contributed by atoms with van der Waals surface area (Å²) in [7, 11) is -1.12. The first-order chi connectivity index (χ1) is 19.1. The lowest BCUT2D eigenvalue weighted by Crippen LogP contribution is -2.53. The Morgan fingerprint density at radius 2 is 1.65 bits per heavy atom. The number of amides is 2. The van der Waals surface area contributed by atoms with E-state index in [0.29, 0.717) is 22.9 Å². The Hall–Kier alpha value is -3.76. The second-order valence-corrected chi connectivity index (χ2v) is 11.3. The van der Waals surface area contributed by atoms with E-state index in [2.05, 4.69) is 5.32 Å². The molecule has 0 spiro atoms. The van der Waals surface area contributed by atoms with Crippen molar-refractivity contribution in [2.24, 2.45) is 0 Å². The summed E-state index contributed by atoms with van der Waals surface area (Å²) >= 11 is 6.45.